The Morgan fingerprint density at radius 1 is 1.11 bits per heavy atom. The van der Waals surface area contributed by atoms with Gasteiger partial charge >= 0.3 is 0 Å². The zero-order valence-electron chi connectivity index (χ0n) is 20.1. The summed E-state index contributed by atoms with van der Waals surface area (Å²) in [5.41, 5.74) is 4.67. The normalized spacial score (nSPS) is 15.9. The number of nitrogens with zero attached hydrogens (tertiary/aromatic N) is 5. The highest BCUT2D eigenvalue weighted by atomic mass is 35.5. The molecule has 0 amide bonds. The molecule has 0 spiro atoms. The molecule has 1 aliphatic heterocycles. The third-order valence-electron chi connectivity index (χ3n) is 6.66. The van der Waals surface area contributed by atoms with Crippen molar-refractivity contribution >= 4 is 34.3 Å². The summed E-state index contributed by atoms with van der Waals surface area (Å²) in [6.07, 6.45) is 4.47. The molecule has 0 saturated heterocycles. The fourth-order valence-corrected chi connectivity index (χ4v) is 4.78. The minimum Gasteiger partial charge on any atom is -0.324 e. The van der Waals surface area contributed by atoms with Gasteiger partial charge in [0.2, 0.25) is 5.95 Å². The smallest absolute Gasteiger partial charge is 0.278 e. The largest absolute Gasteiger partial charge is 0.324 e. The molecule has 1 aromatic carbocycles. The fraction of sp³-hybridized carbons (Fsp3) is 0.385. The molecule has 1 aliphatic carbocycles. The molecule has 3 aromatic heterocycles. The lowest BCUT2D eigenvalue weighted by Gasteiger charge is -2.20. The van der Waals surface area contributed by atoms with Gasteiger partial charge in [0.1, 0.15) is 5.39 Å². The molecule has 8 nitrogen and oxygen atoms in total. The molecular formula is C26H28ClN7O. The summed E-state index contributed by atoms with van der Waals surface area (Å²) in [6.45, 7) is 8.18. The van der Waals surface area contributed by atoms with Gasteiger partial charge in [0.15, 0.2) is 11.5 Å². The Balaban J connectivity index is 1.49. The molecular weight excluding hydrogens is 462 g/mol. The SMILES string of the molecule is CC(C)(C)c1ccc(Cl)c(-n2c3nc(Nc4ccc5c(c4)CCNC5)ncc3c(=O)n2C2CC2)n1. The molecule has 2 aliphatic rings. The van der Waals surface area contributed by atoms with E-state index >= 15 is 0 Å². The first-order chi connectivity index (χ1) is 16.8. The molecule has 0 unspecified atom stereocenters. The highest BCUT2D eigenvalue weighted by molar-refractivity contribution is 6.32. The summed E-state index contributed by atoms with van der Waals surface area (Å²) in [7, 11) is 0. The third kappa shape index (κ3) is 4.00. The van der Waals surface area contributed by atoms with Crippen LogP contribution in [-0.2, 0) is 18.4 Å². The lowest BCUT2D eigenvalue weighted by atomic mass is 9.92. The predicted molar refractivity (Wildman–Crippen MR) is 138 cm³/mol. The Labute approximate surface area is 208 Å². The molecule has 1 fully saturated rings. The van der Waals surface area contributed by atoms with Crippen LogP contribution in [0, 0.1) is 0 Å². The molecule has 0 atom stereocenters. The van der Waals surface area contributed by atoms with Crippen LogP contribution in [0.5, 0.6) is 0 Å². The molecule has 4 heterocycles. The van der Waals surface area contributed by atoms with Gasteiger partial charge in [0.05, 0.1) is 11.1 Å². The lowest BCUT2D eigenvalue weighted by Crippen LogP contribution is -2.23. The molecule has 2 N–H and O–H groups in total. The van der Waals surface area contributed by atoms with Crippen molar-refractivity contribution in [1.82, 2.24) is 29.6 Å². The predicted octanol–water partition coefficient (Wildman–Crippen LogP) is 4.65. The van der Waals surface area contributed by atoms with E-state index in [1.165, 1.54) is 11.1 Å². The van der Waals surface area contributed by atoms with Crippen molar-refractivity contribution in [3.63, 3.8) is 0 Å². The summed E-state index contributed by atoms with van der Waals surface area (Å²) in [5, 5.41) is 7.65. The van der Waals surface area contributed by atoms with E-state index in [-0.39, 0.29) is 17.0 Å². The second-order valence-electron chi connectivity index (χ2n) is 10.4. The van der Waals surface area contributed by atoms with Gasteiger partial charge in [0, 0.05) is 29.5 Å². The molecule has 0 radical (unpaired) electrons. The highest BCUT2D eigenvalue weighted by Gasteiger charge is 2.32. The van der Waals surface area contributed by atoms with Crippen LogP contribution in [0.4, 0.5) is 11.6 Å². The summed E-state index contributed by atoms with van der Waals surface area (Å²) in [5.74, 6) is 0.945. The Bertz CT molecular complexity index is 1510. The summed E-state index contributed by atoms with van der Waals surface area (Å²) >= 11 is 6.66. The molecule has 35 heavy (non-hydrogen) atoms. The minimum atomic E-state index is -0.170. The second kappa shape index (κ2) is 8.17. The van der Waals surface area contributed by atoms with Crippen molar-refractivity contribution in [2.75, 3.05) is 11.9 Å². The van der Waals surface area contributed by atoms with Gasteiger partial charge in [-0.3, -0.25) is 4.79 Å². The summed E-state index contributed by atoms with van der Waals surface area (Å²) in [4.78, 5) is 27.5. The maximum absolute atomic E-state index is 13.4. The van der Waals surface area contributed by atoms with E-state index in [4.69, 9.17) is 21.6 Å². The summed E-state index contributed by atoms with van der Waals surface area (Å²) in [6, 6.07) is 10.2. The molecule has 4 aromatic rings. The maximum Gasteiger partial charge on any atom is 0.278 e. The van der Waals surface area contributed by atoms with E-state index in [1.54, 1.807) is 15.6 Å². The second-order valence-corrected chi connectivity index (χ2v) is 10.8. The van der Waals surface area contributed by atoms with E-state index in [2.05, 4.69) is 48.5 Å². The van der Waals surface area contributed by atoms with E-state index in [1.807, 2.05) is 18.2 Å². The van der Waals surface area contributed by atoms with Crippen LogP contribution in [0.15, 0.2) is 41.3 Å². The van der Waals surface area contributed by atoms with Gasteiger partial charge in [0.25, 0.3) is 5.56 Å². The van der Waals surface area contributed by atoms with Crippen LogP contribution >= 0.6 is 11.6 Å². The number of halogens is 1. The topological polar surface area (TPSA) is 89.7 Å². The number of hydrogen-bond acceptors (Lipinski definition) is 6. The van der Waals surface area contributed by atoms with Crippen LogP contribution < -0.4 is 16.2 Å². The fourth-order valence-electron chi connectivity index (χ4n) is 4.59. The summed E-state index contributed by atoms with van der Waals surface area (Å²) < 4.78 is 3.54. The van der Waals surface area contributed by atoms with Crippen molar-refractivity contribution in [2.45, 2.75) is 58.0 Å². The van der Waals surface area contributed by atoms with Gasteiger partial charge < -0.3 is 10.6 Å². The number of benzene rings is 1. The standard InChI is InChI=1S/C26H28ClN7O/c1-26(2,3)21-9-8-20(27)23(31-21)34-22-19(24(35)33(34)18-6-7-18)14-29-25(32-22)30-17-5-4-16-13-28-11-10-15(16)12-17/h4-5,8-9,12,14,18,28H,6-7,10-11,13H2,1-3H3,(H,29,30,32). The Kier molecular flexibility index (Phi) is 5.19. The zero-order chi connectivity index (χ0) is 24.3. The van der Waals surface area contributed by atoms with Crippen LogP contribution in [0.1, 0.15) is 56.5 Å². The minimum absolute atomic E-state index is 0.110. The number of anilines is 2. The van der Waals surface area contributed by atoms with Crippen LogP contribution in [-0.4, -0.2) is 30.9 Å². The van der Waals surface area contributed by atoms with E-state index in [0.717, 1.165) is 43.7 Å². The van der Waals surface area contributed by atoms with Crippen LogP contribution in [0.25, 0.3) is 16.9 Å². The first-order valence-corrected chi connectivity index (χ1v) is 12.4. The van der Waals surface area contributed by atoms with Gasteiger partial charge in [-0.15, -0.1) is 0 Å². The maximum atomic E-state index is 13.4. The van der Waals surface area contributed by atoms with Gasteiger partial charge in [-0.2, -0.15) is 4.98 Å². The van der Waals surface area contributed by atoms with E-state index in [0.29, 0.717) is 27.8 Å². The lowest BCUT2D eigenvalue weighted by molar-refractivity contribution is 0.537. The molecule has 6 rings (SSSR count). The van der Waals surface area contributed by atoms with Crippen molar-refractivity contribution in [2.24, 2.45) is 0 Å². The Hall–Kier alpha value is -3.23. The Morgan fingerprint density at radius 2 is 1.94 bits per heavy atom. The van der Waals surface area contributed by atoms with Crippen LogP contribution in [0.2, 0.25) is 5.02 Å². The zero-order valence-corrected chi connectivity index (χ0v) is 20.9. The number of pyridine rings is 1. The van der Waals surface area contributed by atoms with Gasteiger partial charge in [-0.1, -0.05) is 38.4 Å². The van der Waals surface area contributed by atoms with Crippen molar-refractivity contribution in [3.8, 4) is 5.82 Å². The van der Waals surface area contributed by atoms with Crippen LogP contribution in [0.3, 0.4) is 0 Å². The molecule has 0 bridgehead atoms. The first kappa shape index (κ1) is 22.2. The highest BCUT2D eigenvalue weighted by Crippen LogP contribution is 2.37. The van der Waals surface area contributed by atoms with E-state index in [9.17, 15) is 4.79 Å². The number of nitrogens with one attached hydrogen (secondary N) is 2. The monoisotopic (exact) mass is 489 g/mol. The number of fused-ring (bicyclic) bond motifs is 2. The number of aromatic nitrogens is 5. The van der Waals surface area contributed by atoms with Crippen molar-refractivity contribution in [3.05, 3.63) is 68.7 Å². The average molecular weight is 490 g/mol. The van der Waals surface area contributed by atoms with Gasteiger partial charge in [-0.25, -0.2) is 19.3 Å². The third-order valence-corrected chi connectivity index (χ3v) is 6.96. The quantitative estimate of drug-likeness (QED) is 0.433. The van der Waals surface area contributed by atoms with E-state index < -0.39 is 0 Å². The molecule has 9 heteroatoms. The van der Waals surface area contributed by atoms with Crippen molar-refractivity contribution in [1.29, 1.82) is 0 Å². The first-order valence-electron chi connectivity index (χ1n) is 12.1. The average Bonchev–Trinajstić information content (AvgIpc) is 3.63. The van der Waals surface area contributed by atoms with Gasteiger partial charge in [-0.05, 0) is 61.2 Å². The molecule has 180 valence electrons. The number of rotatable bonds is 4. The molecule has 1 saturated carbocycles. The number of hydrogen-bond donors (Lipinski definition) is 2. The Morgan fingerprint density at radius 3 is 2.71 bits per heavy atom. The van der Waals surface area contributed by atoms with Crippen molar-refractivity contribution < 1.29 is 0 Å².